The Bertz CT molecular complexity index is 1590. The summed E-state index contributed by atoms with van der Waals surface area (Å²) in [6.07, 6.45) is 2.64. The maximum Gasteiger partial charge on any atom is 0.408 e. The van der Waals surface area contributed by atoms with E-state index in [2.05, 4.69) is 10.2 Å². The molecule has 4 saturated heterocycles. The van der Waals surface area contributed by atoms with Gasteiger partial charge in [-0.1, -0.05) is 54.6 Å². The highest BCUT2D eigenvalue weighted by molar-refractivity contribution is 7.89. The van der Waals surface area contributed by atoms with Crippen molar-refractivity contribution in [3.8, 4) is 5.75 Å². The predicted octanol–water partition coefficient (Wildman–Crippen LogP) is 4.50. The summed E-state index contributed by atoms with van der Waals surface area (Å²) in [6.45, 7) is 3.43. The first-order valence-electron chi connectivity index (χ1n) is 15.5. The molecular weight excluding hydrogens is 594 g/mol. The maximum absolute atomic E-state index is 13.2. The minimum atomic E-state index is -3.85. The van der Waals surface area contributed by atoms with Crippen molar-refractivity contribution in [1.29, 1.82) is 0 Å². The molecule has 3 aromatic carbocycles. The van der Waals surface area contributed by atoms with Crippen LogP contribution in [0, 0.1) is 5.92 Å². The molecular formula is C34H39N3O7S. The molecule has 10 nitrogen and oxygen atoms in total. The van der Waals surface area contributed by atoms with Gasteiger partial charge in [0.05, 0.1) is 18.0 Å². The number of amides is 1. The average molecular weight is 634 g/mol. The number of methoxy groups -OCH3 is 1. The van der Waals surface area contributed by atoms with Crippen LogP contribution in [0.5, 0.6) is 5.75 Å². The largest absolute Gasteiger partial charge is 0.489 e. The summed E-state index contributed by atoms with van der Waals surface area (Å²) in [4.78, 5) is 27.7. The number of piperidine rings is 3. The van der Waals surface area contributed by atoms with Gasteiger partial charge in [0.1, 0.15) is 24.5 Å². The lowest BCUT2D eigenvalue weighted by Gasteiger charge is -2.43. The van der Waals surface area contributed by atoms with Crippen LogP contribution in [0.1, 0.15) is 48.4 Å². The van der Waals surface area contributed by atoms with Gasteiger partial charge in [-0.3, -0.25) is 9.69 Å². The Morgan fingerprint density at radius 3 is 2.33 bits per heavy atom. The molecule has 1 amide bonds. The Morgan fingerprint density at radius 2 is 1.64 bits per heavy atom. The number of hydrogen-bond donors (Lipinski definition) is 1. The van der Waals surface area contributed by atoms with Gasteiger partial charge >= 0.3 is 12.1 Å². The van der Waals surface area contributed by atoms with Crippen LogP contribution >= 0.6 is 0 Å². The first-order chi connectivity index (χ1) is 21.8. The lowest BCUT2D eigenvalue weighted by molar-refractivity contribution is -0.144. The molecule has 1 N–H and O–H groups in total. The molecule has 45 heavy (non-hydrogen) atoms. The lowest BCUT2D eigenvalue weighted by Crippen LogP contribution is -2.52. The summed E-state index contributed by atoms with van der Waals surface area (Å²) in [5, 5.41) is 3.09. The van der Waals surface area contributed by atoms with Crippen LogP contribution in [0.2, 0.25) is 0 Å². The Labute approximate surface area is 264 Å². The summed E-state index contributed by atoms with van der Waals surface area (Å²) < 4.78 is 44.5. The minimum Gasteiger partial charge on any atom is -0.489 e. The third kappa shape index (κ3) is 7.00. The third-order valence-corrected chi connectivity index (χ3v) is 11.0. The molecule has 4 fully saturated rings. The zero-order valence-corrected chi connectivity index (χ0v) is 26.2. The number of rotatable bonds is 10. The SMILES string of the molecule is COC(=O)C1CCCN1S(=O)(=O)c1ccc(COc2cccc([C@@H](NC(=O)OC3CN4CCC3CC4)c3ccccc3)c2)cc1. The number of carbonyl (C=O) groups excluding carboxylic acids is 2. The van der Waals surface area contributed by atoms with Gasteiger partial charge in [-0.15, -0.1) is 0 Å². The second-order valence-electron chi connectivity index (χ2n) is 11.9. The van der Waals surface area contributed by atoms with Gasteiger partial charge in [0, 0.05) is 13.1 Å². The molecule has 3 atom stereocenters. The van der Waals surface area contributed by atoms with Crippen LogP contribution in [0.15, 0.2) is 83.8 Å². The van der Waals surface area contributed by atoms with E-state index in [0.717, 1.165) is 49.2 Å². The highest BCUT2D eigenvalue weighted by Crippen LogP contribution is 2.31. The molecule has 0 spiro atoms. The molecule has 11 heteroatoms. The average Bonchev–Trinajstić information content (AvgIpc) is 3.59. The zero-order valence-electron chi connectivity index (χ0n) is 25.3. The number of nitrogens with one attached hydrogen (secondary N) is 1. The van der Waals surface area contributed by atoms with Gasteiger partial charge in [0.25, 0.3) is 0 Å². The van der Waals surface area contributed by atoms with E-state index < -0.39 is 34.2 Å². The molecule has 2 bridgehead atoms. The number of esters is 1. The second-order valence-corrected chi connectivity index (χ2v) is 13.8. The van der Waals surface area contributed by atoms with Crippen LogP contribution in [0.4, 0.5) is 4.79 Å². The van der Waals surface area contributed by atoms with Gasteiger partial charge in [-0.2, -0.15) is 4.31 Å². The van der Waals surface area contributed by atoms with Gasteiger partial charge in [-0.05, 0) is 85.6 Å². The van der Waals surface area contributed by atoms with Crippen molar-refractivity contribution >= 4 is 22.1 Å². The van der Waals surface area contributed by atoms with Crippen molar-refractivity contribution in [2.75, 3.05) is 33.3 Å². The number of nitrogens with zero attached hydrogens (tertiary/aromatic N) is 2. The van der Waals surface area contributed by atoms with E-state index in [-0.39, 0.29) is 24.2 Å². The van der Waals surface area contributed by atoms with E-state index in [1.165, 1.54) is 23.5 Å². The number of benzene rings is 3. The van der Waals surface area contributed by atoms with Gasteiger partial charge in [0.15, 0.2) is 0 Å². The number of sulfonamides is 1. The number of fused-ring (bicyclic) bond motifs is 3. The molecule has 0 aliphatic carbocycles. The predicted molar refractivity (Wildman–Crippen MR) is 167 cm³/mol. The van der Waals surface area contributed by atoms with E-state index in [1.54, 1.807) is 12.1 Å². The summed E-state index contributed by atoms with van der Waals surface area (Å²) in [5.41, 5.74) is 2.55. The minimum absolute atomic E-state index is 0.0930. The Hall–Kier alpha value is -3.93. The Morgan fingerprint density at radius 1 is 0.911 bits per heavy atom. The molecule has 7 rings (SSSR count). The number of hydrogen-bond acceptors (Lipinski definition) is 8. The van der Waals surface area contributed by atoms with E-state index in [4.69, 9.17) is 14.2 Å². The molecule has 0 saturated carbocycles. The second kappa shape index (κ2) is 13.6. The van der Waals surface area contributed by atoms with Crippen molar-refractivity contribution in [2.24, 2.45) is 5.92 Å². The summed E-state index contributed by atoms with van der Waals surface area (Å²) in [5.74, 6) is 0.480. The van der Waals surface area contributed by atoms with Gasteiger partial charge in [-0.25, -0.2) is 13.2 Å². The van der Waals surface area contributed by atoms with Gasteiger partial charge in [0.2, 0.25) is 10.0 Å². The smallest absolute Gasteiger partial charge is 0.408 e. The molecule has 4 aliphatic heterocycles. The van der Waals surface area contributed by atoms with Crippen molar-refractivity contribution in [2.45, 2.75) is 55.4 Å². The van der Waals surface area contributed by atoms with Crippen molar-refractivity contribution in [1.82, 2.24) is 14.5 Å². The van der Waals surface area contributed by atoms with Crippen LogP contribution in [-0.2, 0) is 30.9 Å². The Kier molecular flexibility index (Phi) is 9.39. The molecule has 4 aliphatic rings. The Balaban J connectivity index is 1.12. The molecule has 0 radical (unpaired) electrons. The summed E-state index contributed by atoms with van der Waals surface area (Å²) >= 11 is 0. The molecule has 4 heterocycles. The summed E-state index contributed by atoms with van der Waals surface area (Å²) in [7, 11) is -2.58. The normalized spacial score (nSPS) is 23.7. The molecule has 3 aromatic rings. The number of carbonyl (C=O) groups is 2. The van der Waals surface area contributed by atoms with Gasteiger partial charge < -0.3 is 19.5 Å². The first-order valence-corrected chi connectivity index (χ1v) is 16.9. The number of ether oxygens (including phenoxy) is 3. The van der Waals surface area contributed by atoms with E-state index in [9.17, 15) is 18.0 Å². The van der Waals surface area contributed by atoms with Crippen molar-refractivity contribution in [3.05, 3.63) is 95.6 Å². The number of alkyl carbamates (subject to hydrolysis) is 1. The van der Waals surface area contributed by atoms with Crippen molar-refractivity contribution in [3.63, 3.8) is 0 Å². The van der Waals surface area contributed by atoms with E-state index in [1.807, 2.05) is 54.6 Å². The quantitative estimate of drug-likeness (QED) is 0.325. The van der Waals surface area contributed by atoms with E-state index in [0.29, 0.717) is 24.5 Å². The fraction of sp³-hybridized carbons (Fsp3) is 0.412. The van der Waals surface area contributed by atoms with Crippen molar-refractivity contribution < 1.29 is 32.2 Å². The summed E-state index contributed by atoms with van der Waals surface area (Å²) in [6, 6.07) is 22.6. The zero-order chi connectivity index (χ0) is 31.4. The fourth-order valence-corrected chi connectivity index (χ4v) is 8.23. The topological polar surface area (TPSA) is 114 Å². The first kappa shape index (κ1) is 31.1. The lowest BCUT2D eigenvalue weighted by atomic mass is 9.86. The van der Waals surface area contributed by atoms with Crippen LogP contribution < -0.4 is 10.1 Å². The standard InChI is InChI=1S/C34H39N3O7S/c1-42-33(38)30-11-6-18-37(30)45(40,41)29-14-12-24(13-15-29)23-43-28-10-5-9-27(21-28)32(26-7-3-2-4-8-26)35-34(39)44-31-22-36-19-16-25(31)17-20-36/h2-5,7-10,12-15,21,25,30-32H,6,11,16-20,22-23H2,1H3,(H,35,39)/t30?,31?,32-/m0/s1. The highest BCUT2D eigenvalue weighted by atomic mass is 32.2. The monoisotopic (exact) mass is 633 g/mol. The van der Waals surface area contributed by atoms with Crippen LogP contribution in [0.25, 0.3) is 0 Å². The highest BCUT2D eigenvalue weighted by Gasteiger charge is 2.40. The third-order valence-electron chi connectivity index (χ3n) is 9.05. The van der Waals surface area contributed by atoms with Crippen LogP contribution in [0.3, 0.4) is 0 Å². The van der Waals surface area contributed by atoms with E-state index >= 15 is 0 Å². The maximum atomic E-state index is 13.2. The molecule has 238 valence electrons. The molecule has 0 aromatic heterocycles. The fourth-order valence-electron chi connectivity index (χ4n) is 6.58. The van der Waals surface area contributed by atoms with Crippen LogP contribution in [-0.4, -0.2) is 75.1 Å². The molecule has 2 unspecified atom stereocenters.